The van der Waals surface area contributed by atoms with Crippen LogP contribution in [0.3, 0.4) is 0 Å². The van der Waals surface area contributed by atoms with Gasteiger partial charge in [-0.1, -0.05) is 53.0 Å². The average molecular weight is 506 g/mol. The highest BCUT2D eigenvalue weighted by atomic mass is 35.5. The quantitative estimate of drug-likeness (QED) is 0.279. The van der Waals surface area contributed by atoms with Crippen molar-refractivity contribution in [2.75, 3.05) is 12.4 Å². The average Bonchev–Trinajstić information content (AvgIpc) is 2.80. The van der Waals surface area contributed by atoms with E-state index in [9.17, 15) is 14.4 Å². The molecule has 5 nitrogen and oxygen atoms in total. The maximum absolute atomic E-state index is 13.1. The van der Waals surface area contributed by atoms with E-state index in [1.54, 1.807) is 36.4 Å². The SMILES string of the molecule is COc1cc(/C=C(/C#N)C(=O)Nc2cccc(Cl)c2Cl)cc(Cl)c1OCc1ccc(F)cc1. The van der Waals surface area contributed by atoms with Gasteiger partial charge in [-0.3, -0.25) is 4.79 Å². The Hall–Kier alpha value is -3.24. The Morgan fingerprint density at radius 2 is 1.85 bits per heavy atom. The lowest BCUT2D eigenvalue weighted by molar-refractivity contribution is -0.112. The number of halogens is 4. The van der Waals surface area contributed by atoms with Crippen LogP contribution in [0.2, 0.25) is 15.1 Å². The van der Waals surface area contributed by atoms with Gasteiger partial charge in [0.15, 0.2) is 11.5 Å². The van der Waals surface area contributed by atoms with Crippen molar-refractivity contribution in [2.24, 2.45) is 0 Å². The van der Waals surface area contributed by atoms with E-state index in [1.165, 1.54) is 31.4 Å². The maximum atomic E-state index is 13.1. The summed E-state index contributed by atoms with van der Waals surface area (Å²) < 4.78 is 24.2. The number of hydrogen-bond acceptors (Lipinski definition) is 4. The summed E-state index contributed by atoms with van der Waals surface area (Å²) >= 11 is 18.4. The Kier molecular flexibility index (Phi) is 8.18. The number of rotatable bonds is 7. The molecular formula is C24H16Cl3FN2O3. The largest absolute Gasteiger partial charge is 0.493 e. The molecular weight excluding hydrogens is 490 g/mol. The number of nitriles is 1. The predicted octanol–water partition coefficient (Wildman–Crippen LogP) is 6.92. The van der Waals surface area contributed by atoms with E-state index in [0.717, 1.165) is 5.56 Å². The second-order valence-electron chi connectivity index (χ2n) is 6.67. The summed E-state index contributed by atoms with van der Waals surface area (Å²) in [7, 11) is 1.43. The normalized spacial score (nSPS) is 11.0. The number of carbonyl (C=O) groups excluding carboxylic acids is 1. The molecule has 1 N–H and O–H groups in total. The summed E-state index contributed by atoms with van der Waals surface area (Å²) in [5, 5.41) is 12.7. The molecule has 3 aromatic carbocycles. The van der Waals surface area contributed by atoms with Crippen molar-refractivity contribution in [1.82, 2.24) is 0 Å². The number of benzene rings is 3. The number of carbonyl (C=O) groups is 1. The molecule has 0 unspecified atom stereocenters. The number of hydrogen-bond donors (Lipinski definition) is 1. The van der Waals surface area contributed by atoms with Gasteiger partial charge in [-0.15, -0.1) is 0 Å². The molecule has 3 aromatic rings. The standard InChI is InChI=1S/C24H16Cl3FN2O3/c1-32-21-11-15(10-19(26)23(21)33-13-14-5-7-17(28)8-6-14)9-16(12-29)24(31)30-20-4-2-3-18(25)22(20)27/h2-11H,13H2,1H3,(H,30,31)/b16-9-. The zero-order valence-electron chi connectivity index (χ0n) is 17.2. The van der Waals surface area contributed by atoms with E-state index in [4.69, 9.17) is 44.3 Å². The molecule has 0 saturated heterocycles. The Balaban J connectivity index is 1.83. The zero-order chi connectivity index (χ0) is 24.0. The van der Waals surface area contributed by atoms with Gasteiger partial charge >= 0.3 is 0 Å². The first kappa shape index (κ1) is 24.4. The summed E-state index contributed by atoms with van der Waals surface area (Å²) in [6.45, 7) is 0.137. The summed E-state index contributed by atoms with van der Waals surface area (Å²) in [6, 6.07) is 15.6. The van der Waals surface area contributed by atoms with Gasteiger partial charge in [0.2, 0.25) is 0 Å². The molecule has 33 heavy (non-hydrogen) atoms. The molecule has 1 amide bonds. The summed E-state index contributed by atoms with van der Waals surface area (Å²) in [4.78, 5) is 12.6. The third kappa shape index (κ3) is 6.17. The van der Waals surface area contributed by atoms with Crippen LogP contribution in [0.15, 0.2) is 60.2 Å². The van der Waals surface area contributed by atoms with E-state index in [2.05, 4.69) is 5.32 Å². The van der Waals surface area contributed by atoms with Gasteiger partial charge in [-0.2, -0.15) is 5.26 Å². The number of anilines is 1. The zero-order valence-corrected chi connectivity index (χ0v) is 19.4. The summed E-state index contributed by atoms with van der Waals surface area (Å²) in [5.41, 5.74) is 1.26. The molecule has 0 spiro atoms. The van der Waals surface area contributed by atoms with Gasteiger partial charge in [-0.25, -0.2) is 4.39 Å². The fourth-order valence-electron chi connectivity index (χ4n) is 2.80. The number of ether oxygens (including phenoxy) is 2. The fourth-order valence-corrected chi connectivity index (χ4v) is 3.43. The molecule has 0 bridgehead atoms. The van der Waals surface area contributed by atoms with E-state index in [-0.39, 0.29) is 44.5 Å². The van der Waals surface area contributed by atoms with E-state index < -0.39 is 5.91 Å². The lowest BCUT2D eigenvalue weighted by atomic mass is 10.1. The van der Waals surface area contributed by atoms with Gasteiger partial charge in [0.05, 0.1) is 27.9 Å². The summed E-state index contributed by atoms with van der Waals surface area (Å²) in [6.07, 6.45) is 1.35. The fraction of sp³-hybridized carbons (Fsp3) is 0.0833. The second-order valence-corrected chi connectivity index (χ2v) is 7.87. The van der Waals surface area contributed by atoms with Crippen LogP contribution >= 0.6 is 34.8 Å². The van der Waals surface area contributed by atoms with Crippen molar-refractivity contribution in [3.8, 4) is 17.6 Å². The first-order valence-electron chi connectivity index (χ1n) is 9.44. The van der Waals surface area contributed by atoms with Crippen molar-refractivity contribution in [3.05, 3.63) is 92.2 Å². The molecule has 0 atom stereocenters. The van der Waals surface area contributed by atoms with Crippen LogP contribution in [0, 0.1) is 17.1 Å². The van der Waals surface area contributed by atoms with Crippen molar-refractivity contribution in [1.29, 1.82) is 5.26 Å². The van der Waals surface area contributed by atoms with Gasteiger partial charge in [0.1, 0.15) is 24.1 Å². The first-order chi connectivity index (χ1) is 15.8. The van der Waals surface area contributed by atoms with E-state index >= 15 is 0 Å². The number of methoxy groups -OCH3 is 1. The van der Waals surface area contributed by atoms with Crippen LogP contribution in [0.4, 0.5) is 10.1 Å². The van der Waals surface area contributed by atoms with Gasteiger partial charge in [0.25, 0.3) is 5.91 Å². The minimum atomic E-state index is -0.673. The monoisotopic (exact) mass is 504 g/mol. The minimum Gasteiger partial charge on any atom is -0.493 e. The first-order valence-corrected chi connectivity index (χ1v) is 10.6. The van der Waals surface area contributed by atoms with Gasteiger partial charge in [-0.05, 0) is 53.6 Å². The number of amides is 1. The molecule has 3 rings (SSSR count). The van der Waals surface area contributed by atoms with Crippen LogP contribution in [-0.4, -0.2) is 13.0 Å². The maximum Gasteiger partial charge on any atom is 0.266 e. The molecule has 168 valence electrons. The second kappa shape index (κ2) is 11.1. The number of nitrogens with one attached hydrogen (secondary N) is 1. The van der Waals surface area contributed by atoms with Crippen molar-refractivity contribution >= 4 is 52.5 Å². The van der Waals surface area contributed by atoms with Crippen molar-refractivity contribution in [2.45, 2.75) is 6.61 Å². The van der Waals surface area contributed by atoms with Crippen LogP contribution in [0.5, 0.6) is 11.5 Å². The highest BCUT2D eigenvalue weighted by Crippen LogP contribution is 2.37. The Morgan fingerprint density at radius 3 is 2.52 bits per heavy atom. The van der Waals surface area contributed by atoms with Gasteiger partial charge in [0, 0.05) is 0 Å². The minimum absolute atomic E-state index is 0.137. The molecule has 0 aliphatic carbocycles. The summed E-state index contributed by atoms with van der Waals surface area (Å²) in [5.74, 6) is -0.449. The third-order valence-corrected chi connectivity index (χ3v) is 5.52. The van der Waals surface area contributed by atoms with Crippen LogP contribution in [0.25, 0.3) is 6.08 Å². The Labute approximate surface area is 204 Å². The third-order valence-electron chi connectivity index (χ3n) is 4.42. The highest BCUT2D eigenvalue weighted by molar-refractivity contribution is 6.44. The Morgan fingerprint density at radius 1 is 1.12 bits per heavy atom. The molecule has 9 heteroatoms. The van der Waals surface area contributed by atoms with Crippen LogP contribution in [-0.2, 0) is 11.4 Å². The van der Waals surface area contributed by atoms with Crippen LogP contribution in [0.1, 0.15) is 11.1 Å². The number of nitrogens with zero attached hydrogens (tertiary/aromatic N) is 1. The highest BCUT2D eigenvalue weighted by Gasteiger charge is 2.16. The smallest absolute Gasteiger partial charge is 0.266 e. The lowest BCUT2D eigenvalue weighted by Crippen LogP contribution is -2.13. The van der Waals surface area contributed by atoms with E-state index in [0.29, 0.717) is 11.3 Å². The Bertz CT molecular complexity index is 1260. The molecule has 0 radical (unpaired) electrons. The van der Waals surface area contributed by atoms with Crippen LogP contribution < -0.4 is 14.8 Å². The topological polar surface area (TPSA) is 71.3 Å². The van der Waals surface area contributed by atoms with Gasteiger partial charge < -0.3 is 14.8 Å². The molecule has 0 heterocycles. The van der Waals surface area contributed by atoms with Crippen molar-refractivity contribution < 1.29 is 18.7 Å². The van der Waals surface area contributed by atoms with Crippen molar-refractivity contribution in [3.63, 3.8) is 0 Å². The molecule has 0 saturated carbocycles. The van der Waals surface area contributed by atoms with E-state index in [1.807, 2.05) is 6.07 Å². The lowest BCUT2D eigenvalue weighted by Gasteiger charge is -2.14. The molecule has 0 aliphatic heterocycles. The predicted molar refractivity (Wildman–Crippen MR) is 127 cm³/mol. The molecule has 0 aliphatic rings. The molecule has 0 fully saturated rings. The molecule has 0 aromatic heterocycles.